The molecule has 0 bridgehead atoms. The van der Waals surface area contributed by atoms with E-state index in [1.54, 1.807) is 10.6 Å². The van der Waals surface area contributed by atoms with Crippen molar-refractivity contribution < 1.29 is 0 Å². The summed E-state index contributed by atoms with van der Waals surface area (Å²) >= 11 is 0. The maximum atomic E-state index is 11.8. The summed E-state index contributed by atoms with van der Waals surface area (Å²) in [4.78, 5) is 11.8. The van der Waals surface area contributed by atoms with E-state index in [4.69, 9.17) is 5.73 Å². The summed E-state index contributed by atoms with van der Waals surface area (Å²) in [5.41, 5.74) is 9.06. The van der Waals surface area contributed by atoms with Crippen LogP contribution < -0.4 is 11.3 Å². The van der Waals surface area contributed by atoms with Crippen LogP contribution in [-0.2, 0) is 6.54 Å². The highest BCUT2D eigenvalue weighted by Crippen LogP contribution is 2.21. The van der Waals surface area contributed by atoms with Crippen LogP contribution in [0.3, 0.4) is 0 Å². The van der Waals surface area contributed by atoms with E-state index >= 15 is 0 Å². The van der Waals surface area contributed by atoms with Crippen molar-refractivity contribution in [3.8, 4) is 11.1 Å². The summed E-state index contributed by atoms with van der Waals surface area (Å²) in [6.07, 6.45) is 2.73. The van der Waals surface area contributed by atoms with Gasteiger partial charge in [-0.25, -0.2) is 0 Å². The minimum absolute atomic E-state index is 0.0287. The van der Waals surface area contributed by atoms with E-state index in [-0.39, 0.29) is 5.56 Å². The molecule has 0 aliphatic rings. The average Bonchev–Trinajstić information content (AvgIpc) is 2.46. The first kappa shape index (κ1) is 14.5. The van der Waals surface area contributed by atoms with Gasteiger partial charge in [0.1, 0.15) is 0 Å². The van der Waals surface area contributed by atoms with Crippen molar-refractivity contribution in [3.63, 3.8) is 0 Å². The zero-order chi connectivity index (χ0) is 14.5. The van der Waals surface area contributed by atoms with Gasteiger partial charge in [-0.15, -0.1) is 0 Å². The lowest BCUT2D eigenvalue weighted by atomic mass is 9.99. The van der Waals surface area contributed by atoms with Crippen molar-refractivity contribution in [1.29, 1.82) is 0 Å². The number of rotatable bonds is 5. The standard InChI is InChI=1S/C17H22N2O/c1-13(2)14-4-6-15(7-5-14)16-8-9-17(20)19(12-16)11-3-10-18/h4-9,12-13H,3,10-11,18H2,1-2H3. The molecule has 2 rings (SSSR count). The smallest absolute Gasteiger partial charge is 0.250 e. The van der Waals surface area contributed by atoms with Crippen LogP contribution in [0, 0.1) is 0 Å². The highest BCUT2D eigenvalue weighted by Gasteiger charge is 2.03. The van der Waals surface area contributed by atoms with Crippen molar-refractivity contribution in [2.45, 2.75) is 32.7 Å². The summed E-state index contributed by atoms with van der Waals surface area (Å²) in [5, 5.41) is 0. The lowest BCUT2D eigenvalue weighted by Crippen LogP contribution is -2.20. The number of nitrogens with zero attached hydrogens (tertiary/aromatic N) is 1. The Morgan fingerprint density at radius 2 is 1.70 bits per heavy atom. The third-order valence-electron chi connectivity index (χ3n) is 3.50. The van der Waals surface area contributed by atoms with Gasteiger partial charge in [0, 0.05) is 18.8 Å². The fourth-order valence-electron chi connectivity index (χ4n) is 2.20. The zero-order valence-electron chi connectivity index (χ0n) is 12.2. The summed E-state index contributed by atoms with van der Waals surface area (Å²) in [7, 11) is 0. The van der Waals surface area contributed by atoms with Crippen LogP contribution >= 0.6 is 0 Å². The van der Waals surface area contributed by atoms with Gasteiger partial charge in [-0.3, -0.25) is 4.79 Å². The maximum absolute atomic E-state index is 11.8. The number of hydrogen-bond donors (Lipinski definition) is 1. The molecule has 0 spiro atoms. The van der Waals surface area contributed by atoms with Crippen molar-refractivity contribution in [1.82, 2.24) is 4.57 Å². The molecule has 2 N–H and O–H groups in total. The molecule has 0 saturated carbocycles. The largest absolute Gasteiger partial charge is 0.330 e. The maximum Gasteiger partial charge on any atom is 0.250 e. The predicted octanol–water partition coefficient (Wildman–Crippen LogP) is 2.99. The van der Waals surface area contributed by atoms with E-state index in [0.717, 1.165) is 17.5 Å². The molecule has 0 aliphatic carbocycles. The van der Waals surface area contributed by atoms with E-state index in [1.807, 2.05) is 12.3 Å². The summed E-state index contributed by atoms with van der Waals surface area (Å²) in [6, 6.07) is 12.0. The molecule has 0 radical (unpaired) electrons. The molecule has 0 amide bonds. The van der Waals surface area contributed by atoms with Crippen molar-refractivity contribution in [3.05, 3.63) is 58.5 Å². The lowest BCUT2D eigenvalue weighted by Gasteiger charge is -2.09. The molecule has 1 aromatic carbocycles. The minimum atomic E-state index is 0.0287. The Hall–Kier alpha value is -1.87. The first-order chi connectivity index (χ1) is 9.61. The van der Waals surface area contributed by atoms with Crippen LogP contribution in [0.4, 0.5) is 0 Å². The Bertz CT molecular complexity index is 612. The first-order valence-corrected chi connectivity index (χ1v) is 7.12. The third kappa shape index (κ3) is 3.36. The average molecular weight is 270 g/mol. The highest BCUT2D eigenvalue weighted by atomic mass is 16.1. The van der Waals surface area contributed by atoms with Crippen LogP contribution in [0.1, 0.15) is 31.7 Å². The fraction of sp³-hybridized carbons (Fsp3) is 0.353. The second kappa shape index (κ2) is 6.53. The molecule has 0 saturated heterocycles. The van der Waals surface area contributed by atoms with E-state index in [1.165, 1.54) is 5.56 Å². The van der Waals surface area contributed by atoms with Crippen LogP contribution in [-0.4, -0.2) is 11.1 Å². The second-order valence-electron chi connectivity index (χ2n) is 5.37. The molecule has 3 heteroatoms. The zero-order valence-corrected chi connectivity index (χ0v) is 12.2. The van der Waals surface area contributed by atoms with E-state index in [9.17, 15) is 4.79 Å². The minimum Gasteiger partial charge on any atom is -0.330 e. The summed E-state index contributed by atoms with van der Waals surface area (Å²) in [6.45, 7) is 5.64. The number of nitrogens with two attached hydrogens (primary N) is 1. The van der Waals surface area contributed by atoms with Gasteiger partial charge in [-0.05, 0) is 41.6 Å². The van der Waals surface area contributed by atoms with Gasteiger partial charge in [0.2, 0.25) is 0 Å². The van der Waals surface area contributed by atoms with Gasteiger partial charge in [-0.2, -0.15) is 0 Å². The molecule has 1 heterocycles. The fourth-order valence-corrected chi connectivity index (χ4v) is 2.20. The molecule has 0 unspecified atom stereocenters. The lowest BCUT2D eigenvalue weighted by molar-refractivity contribution is 0.630. The number of aromatic nitrogens is 1. The van der Waals surface area contributed by atoms with Crippen LogP contribution in [0.5, 0.6) is 0 Å². The number of pyridine rings is 1. The third-order valence-corrected chi connectivity index (χ3v) is 3.50. The first-order valence-electron chi connectivity index (χ1n) is 7.12. The molecule has 0 aliphatic heterocycles. The number of aryl methyl sites for hydroxylation is 1. The van der Waals surface area contributed by atoms with Gasteiger partial charge in [0.05, 0.1) is 0 Å². The Kier molecular flexibility index (Phi) is 4.74. The topological polar surface area (TPSA) is 48.0 Å². The van der Waals surface area contributed by atoms with Crippen molar-refractivity contribution >= 4 is 0 Å². The Balaban J connectivity index is 2.30. The van der Waals surface area contributed by atoms with Gasteiger partial charge >= 0.3 is 0 Å². The van der Waals surface area contributed by atoms with E-state index < -0.39 is 0 Å². The Labute approximate surface area is 120 Å². The highest BCUT2D eigenvalue weighted by molar-refractivity contribution is 5.62. The monoisotopic (exact) mass is 270 g/mol. The van der Waals surface area contributed by atoms with E-state index in [0.29, 0.717) is 19.0 Å². The van der Waals surface area contributed by atoms with Crippen molar-refractivity contribution in [2.75, 3.05) is 6.54 Å². The molecule has 0 atom stereocenters. The second-order valence-corrected chi connectivity index (χ2v) is 5.37. The predicted molar refractivity (Wildman–Crippen MR) is 83.9 cm³/mol. The molecule has 1 aromatic heterocycles. The van der Waals surface area contributed by atoms with Gasteiger partial charge in [0.25, 0.3) is 5.56 Å². The van der Waals surface area contributed by atoms with Crippen LogP contribution in [0.2, 0.25) is 0 Å². The molecular weight excluding hydrogens is 248 g/mol. The van der Waals surface area contributed by atoms with Crippen molar-refractivity contribution in [2.24, 2.45) is 5.73 Å². The normalized spacial score (nSPS) is 11.0. The van der Waals surface area contributed by atoms with Crippen LogP contribution in [0.15, 0.2) is 47.4 Å². The molecule has 2 aromatic rings. The van der Waals surface area contributed by atoms with Gasteiger partial charge < -0.3 is 10.3 Å². The van der Waals surface area contributed by atoms with E-state index in [2.05, 4.69) is 38.1 Å². The summed E-state index contributed by atoms with van der Waals surface area (Å²) in [5.74, 6) is 0.530. The molecule has 3 nitrogen and oxygen atoms in total. The number of hydrogen-bond acceptors (Lipinski definition) is 2. The SMILES string of the molecule is CC(C)c1ccc(-c2ccc(=O)n(CCCN)c2)cc1. The summed E-state index contributed by atoms with van der Waals surface area (Å²) < 4.78 is 1.73. The Morgan fingerprint density at radius 1 is 1.05 bits per heavy atom. The number of benzene rings is 1. The quantitative estimate of drug-likeness (QED) is 0.908. The molecule has 0 fully saturated rings. The molecule has 106 valence electrons. The van der Waals surface area contributed by atoms with Crippen LogP contribution in [0.25, 0.3) is 11.1 Å². The Morgan fingerprint density at radius 3 is 2.30 bits per heavy atom. The molecular formula is C17H22N2O. The van der Waals surface area contributed by atoms with Gasteiger partial charge in [0.15, 0.2) is 0 Å². The van der Waals surface area contributed by atoms with Gasteiger partial charge in [-0.1, -0.05) is 38.1 Å². The molecule has 20 heavy (non-hydrogen) atoms.